The molecule has 20 heavy (non-hydrogen) atoms. The molecular formula is C12H23ClN4O2S. The van der Waals surface area contributed by atoms with E-state index in [1.54, 1.807) is 17.1 Å². The zero-order valence-corrected chi connectivity index (χ0v) is 13.5. The zero-order valence-electron chi connectivity index (χ0n) is 11.9. The van der Waals surface area contributed by atoms with Crippen molar-refractivity contribution in [1.82, 2.24) is 13.9 Å². The fourth-order valence-electron chi connectivity index (χ4n) is 2.40. The molecule has 0 spiro atoms. The van der Waals surface area contributed by atoms with Crippen LogP contribution < -0.4 is 5.73 Å². The van der Waals surface area contributed by atoms with Crippen molar-refractivity contribution in [3.63, 3.8) is 0 Å². The first-order chi connectivity index (χ1) is 8.95. The van der Waals surface area contributed by atoms with Gasteiger partial charge < -0.3 is 10.3 Å². The average molecular weight is 323 g/mol. The van der Waals surface area contributed by atoms with Gasteiger partial charge in [-0.1, -0.05) is 0 Å². The Balaban J connectivity index is 0.00000200. The molecule has 2 unspecified atom stereocenters. The maximum Gasteiger partial charge on any atom is 0.262 e. The van der Waals surface area contributed by atoms with Crippen LogP contribution in [0.25, 0.3) is 0 Å². The first-order valence-electron chi connectivity index (χ1n) is 6.72. The van der Waals surface area contributed by atoms with E-state index >= 15 is 0 Å². The Hall–Kier alpha value is -0.630. The van der Waals surface area contributed by atoms with E-state index in [9.17, 15) is 8.42 Å². The number of aryl methyl sites for hydroxylation is 1. The number of hydrogen-bond acceptors (Lipinski definition) is 4. The normalized spacial score (nSPS) is 22.2. The summed E-state index contributed by atoms with van der Waals surface area (Å²) in [6.45, 7) is 5.66. The third-order valence-electron chi connectivity index (χ3n) is 3.74. The van der Waals surface area contributed by atoms with Crippen LogP contribution in [0.4, 0.5) is 0 Å². The summed E-state index contributed by atoms with van der Waals surface area (Å²) in [5.74, 6) is 0.233. The summed E-state index contributed by atoms with van der Waals surface area (Å²) in [6, 6.07) is 0.0196. The fraction of sp³-hybridized carbons (Fsp3) is 0.750. The summed E-state index contributed by atoms with van der Waals surface area (Å²) in [7, 11) is -3.47. The monoisotopic (exact) mass is 322 g/mol. The molecule has 0 amide bonds. The van der Waals surface area contributed by atoms with Crippen LogP contribution >= 0.6 is 12.4 Å². The van der Waals surface area contributed by atoms with Crippen molar-refractivity contribution in [2.24, 2.45) is 11.7 Å². The molecule has 116 valence electrons. The standard InChI is InChI=1S/C12H22N4O2S.ClH/c1-3-15-8-12(14-9-15)19(17,18)16-6-4-5-11(7-16)10(2)13;/h8-11H,3-7,13H2,1-2H3;1H. The highest BCUT2D eigenvalue weighted by atomic mass is 35.5. The van der Waals surface area contributed by atoms with E-state index in [2.05, 4.69) is 4.98 Å². The number of nitrogens with zero attached hydrogens (tertiary/aromatic N) is 3. The van der Waals surface area contributed by atoms with Gasteiger partial charge in [-0.25, -0.2) is 13.4 Å². The second-order valence-corrected chi connectivity index (χ2v) is 7.05. The van der Waals surface area contributed by atoms with Crippen LogP contribution in [0.15, 0.2) is 17.6 Å². The minimum absolute atomic E-state index is 0. The van der Waals surface area contributed by atoms with Crippen LogP contribution in [0, 0.1) is 5.92 Å². The molecule has 2 rings (SSSR count). The molecule has 0 radical (unpaired) electrons. The van der Waals surface area contributed by atoms with Crippen LogP contribution in [-0.2, 0) is 16.6 Å². The number of sulfonamides is 1. The molecule has 2 heterocycles. The molecule has 0 bridgehead atoms. The van der Waals surface area contributed by atoms with Crippen LogP contribution in [0.5, 0.6) is 0 Å². The third-order valence-corrected chi connectivity index (χ3v) is 5.49. The van der Waals surface area contributed by atoms with Gasteiger partial charge in [0.1, 0.15) is 0 Å². The minimum Gasteiger partial charge on any atom is -0.336 e. The predicted octanol–water partition coefficient (Wildman–Crippen LogP) is 1.07. The lowest BCUT2D eigenvalue weighted by atomic mass is 9.93. The molecule has 1 aliphatic rings. The molecule has 8 heteroatoms. The Bertz CT molecular complexity index is 529. The van der Waals surface area contributed by atoms with E-state index < -0.39 is 10.0 Å². The van der Waals surface area contributed by atoms with Crippen molar-refractivity contribution in [1.29, 1.82) is 0 Å². The lowest BCUT2D eigenvalue weighted by Crippen LogP contribution is -2.45. The lowest BCUT2D eigenvalue weighted by Gasteiger charge is -2.33. The van der Waals surface area contributed by atoms with Crippen molar-refractivity contribution in [2.45, 2.75) is 44.3 Å². The van der Waals surface area contributed by atoms with Gasteiger partial charge in [0, 0.05) is 31.9 Å². The van der Waals surface area contributed by atoms with E-state index in [4.69, 9.17) is 5.73 Å². The topological polar surface area (TPSA) is 81.2 Å². The van der Waals surface area contributed by atoms with Gasteiger partial charge in [0.2, 0.25) is 0 Å². The molecule has 1 aromatic rings. The number of aromatic nitrogens is 2. The average Bonchev–Trinajstić information content (AvgIpc) is 2.88. The van der Waals surface area contributed by atoms with Crippen molar-refractivity contribution in [3.05, 3.63) is 12.5 Å². The zero-order chi connectivity index (χ0) is 14.0. The highest BCUT2D eigenvalue weighted by Gasteiger charge is 2.32. The van der Waals surface area contributed by atoms with Gasteiger partial charge >= 0.3 is 0 Å². The van der Waals surface area contributed by atoms with Crippen LogP contribution in [-0.4, -0.2) is 41.4 Å². The van der Waals surface area contributed by atoms with Gasteiger partial charge in [-0.2, -0.15) is 4.31 Å². The highest BCUT2D eigenvalue weighted by molar-refractivity contribution is 7.89. The molecule has 1 aliphatic heterocycles. The van der Waals surface area contributed by atoms with Crippen molar-refractivity contribution in [3.8, 4) is 0 Å². The Morgan fingerprint density at radius 1 is 1.55 bits per heavy atom. The predicted molar refractivity (Wildman–Crippen MR) is 80.3 cm³/mol. The number of hydrogen-bond donors (Lipinski definition) is 1. The van der Waals surface area contributed by atoms with Crippen molar-refractivity contribution < 1.29 is 8.42 Å². The van der Waals surface area contributed by atoms with Gasteiger partial charge in [-0.15, -0.1) is 12.4 Å². The van der Waals surface area contributed by atoms with Crippen molar-refractivity contribution >= 4 is 22.4 Å². The molecule has 1 aromatic heterocycles. The minimum atomic E-state index is -3.47. The van der Waals surface area contributed by atoms with Crippen molar-refractivity contribution in [2.75, 3.05) is 13.1 Å². The molecule has 2 atom stereocenters. The van der Waals surface area contributed by atoms with Gasteiger partial charge in [0.25, 0.3) is 10.0 Å². The van der Waals surface area contributed by atoms with Crippen LogP contribution in [0.1, 0.15) is 26.7 Å². The number of halogens is 1. The molecule has 0 aromatic carbocycles. The Morgan fingerprint density at radius 2 is 2.25 bits per heavy atom. The number of nitrogens with two attached hydrogens (primary N) is 1. The first-order valence-corrected chi connectivity index (χ1v) is 8.16. The smallest absolute Gasteiger partial charge is 0.262 e. The molecule has 1 fully saturated rings. The number of piperidine rings is 1. The summed E-state index contributed by atoms with van der Waals surface area (Å²) < 4.78 is 28.3. The lowest BCUT2D eigenvalue weighted by molar-refractivity contribution is 0.242. The quantitative estimate of drug-likeness (QED) is 0.899. The third kappa shape index (κ3) is 3.52. The van der Waals surface area contributed by atoms with Gasteiger partial charge in [-0.3, -0.25) is 0 Å². The second-order valence-electron chi connectivity index (χ2n) is 5.17. The maximum absolute atomic E-state index is 12.5. The summed E-state index contributed by atoms with van der Waals surface area (Å²) in [5.41, 5.74) is 5.90. The molecule has 1 saturated heterocycles. The van der Waals surface area contributed by atoms with E-state index in [-0.39, 0.29) is 29.4 Å². The van der Waals surface area contributed by atoms with E-state index in [0.717, 1.165) is 12.8 Å². The van der Waals surface area contributed by atoms with Gasteiger partial charge in [0.05, 0.1) is 6.33 Å². The highest BCUT2D eigenvalue weighted by Crippen LogP contribution is 2.24. The summed E-state index contributed by atoms with van der Waals surface area (Å²) in [5, 5.41) is 0.139. The largest absolute Gasteiger partial charge is 0.336 e. The molecular weight excluding hydrogens is 300 g/mol. The van der Waals surface area contributed by atoms with E-state index in [1.165, 1.54) is 4.31 Å². The molecule has 0 aliphatic carbocycles. The van der Waals surface area contributed by atoms with Gasteiger partial charge in [-0.05, 0) is 32.6 Å². The second kappa shape index (κ2) is 6.89. The first kappa shape index (κ1) is 17.4. The molecule has 2 N–H and O–H groups in total. The van der Waals surface area contributed by atoms with Crippen LogP contribution in [0.3, 0.4) is 0 Å². The molecule has 6 nitrogen and oxygen atoms in total. The Kier molecular flexibility index (Phi) is 6.00. The van der Waals surface area contributed by atoms with E-state index in [1.807, 2.05) is 13.8 Å². The Labute approximate surface area is 126 Å². The summed E-state index contributed by atoms with van der Waals surface area (Å²) in [6.07, 6.45) is 5.00. The number of rotatable bonds is 4. The fourth-order valence-corrected chi connectivity index (χ4v) is 3.87. The molecule has 0 saturated carbocycles. The Morgan fingerprint density at radius 3 is 2.80 bits per heavy atom. The number of imidazole rings is 1. The summed E-state index contributed by atoms with van der Waals surface area (Å²) >= 11 is 0. The SMILES string of the molecule is CCn1cnc(S(=O)(=O)N2CCCC(C(C)N)C2)c1.Cl. The van der Waals surface area contributed by atoms with Crippen LogP contribution in [0.2, 0.25) is 0 Å². The van der Waals surface area contributed by atoms with E-state index in [0.29, 0.717) is 19.6 Å². The van der Waals surface area contributed by atoms with Gasteiger partial charge in [0.15, 0.2) is 5.03 Å². The summed E-state index contributed by atoms with van der Waals surface area (Å²) in [4.78, 5) is 4.01. The maximum atomic E-state index is 12.5.